The van der Waals surface area contributed by atoms with Crippen LogP contribution in [0.15, 0.2) is 24.3 Å². The Morgan fingerprint density at radius 2 is 2.15 bits per heavy atom. The maximum atomic E-state index is 10.9. The number of carboxylic acids is 1. The minimum atomic E-state index is -0.952. The summed E-state index contributed by atoms with van der Waals surface area (Å²) in [5.41, 5.74) is 0.230. The number of hydrogen-bond acceptors (Lipinski definition) is 4. The number of ether oxygens (including phenoxy) is 1. The molecule has 0 aromatic heterocycles. The first-order valence-electron chi connectivity index (χ1n) is 7.02. The smallest absolute Gasteiger partial charge is 0.335 e. The topological polar surface area (TPSA) is 70.0 Å². The highest BCUT2D eigenvalue weighted by Crippen LogP contribution is 2.24. The fourth-order valence-corrected chi connectivity index (χ4v) is 2.36. The molecular weight excluding hydrogens is 258 g/mol. The second kappa shape index (κ2) is 7.26. The van der Waals surface area contributed by atoms with Crippen LogP contribution in [0.2, 0.25) is 0 Å². The summed E-state index contributed by atoms with van der Waals surface area (Å²) in [5, 5.41) is 18.0. The third-order valence-corrected chi connectivity index (χ3v) is 3.71. The number of benzene rings is 1. The SMILES string of the molecule is O=C(O)c1cccc(OCCN(CCO)C2CCC2)c1. The van der Waals surface area contributed by atoms with Crippen molar-refractivity contribution in [3.63, 3.8) is 0 Å². The maximum absolute atomic E-state index is 10.9. The molecule has 1 aliphatic rings. The van der Waals surface area contributed by atoms with E-state index >= 15 is 0 Å². The Balaban J connectivity index is 1.81. The minimum absolute atomic E-state index is 0.158. The molecule has 1 saturated carbocycles. The Hall–Kier alpha value is -1.59. The van der Waals surface area contributed by atoms with E-state index in [9.17, 15) is 4.79 Å². The van der Waals surface area contributed by atoms with Crippen molar-refractivity contribution < 1.29 is 19.7 Å². The highest BCUT2D eigenvalue weighted by Gasteiger charge is 2.24. The van der Waals surface area contributed by atoms with Crippen LogP contribution < -0.4 is 4.74 Å². The fourth-order valence-electron chi connectivity index (χ4n) is 2.36. The summed E-state index contributed by atoms with van der Waals surface area (Å²) in [4.78, 5) is 13.1. The van der Waals surface area contributed by atoms with Crippen molar-refractivity contribution in [1.29, 1.82) is 0 Å². The standard InChI is InChI=1S/C15H21NO4/c17-9-7-16(13-4-2-5-13)8-10-20-14-6-1-3-12(11-14)15(18)19/h1,3,6,11,13,17H,2,4-5,7-10H2,(H,18,19). The molecule has 1 aromatic carbocycles. The zero-order valence-electron chi connectivity index (χ0n) is 11.5. The molecule has 0 radical (unpaired) electrons. The molecule has 5 nitrogen and oxygen atoms in total. The quantitative estimate of drug-likeness (QED) is 0.756. The van der Waals surface area contributed by atoms with Crippen molar-refractivity contribution in [2.24, 2.45) is 0 Å². The zero-order valence-corrected chi connectivity index (χ0v) is 11.5. The van der Waals surface area contributed by atoms with Gasteiger partial charge in [0, 0.05) is 19.1 Å². The largest absolute Gasteiger partial charge is 0.492 e. The molecule has 20 heavy (non-hydrogen) atoms. The maximum Gasteiger partial charge on any atom is 0.335 e. The number of aliphatic hydroxyl groups excluding tert-OH is 1. The number of aliphatic hydroxyl groups is 1. The van der Waals surface area contributed by atoms with Crippen molar-refractivity contribution in [2.45, 2.75) is 25.3 Å². The van der Waals surface area contributed by atoms with Gasteiger partial charge in [-0.2, -0.15) is 0 Å². The number of carbonyl (C=O) groups is 1. The Bertz CT molecular complexity index is 445. The van der Waals surface area contributed by atoms with Gasteiger partial charge in [0.25, 0.3) is 0 Å². The normalized spacial score (nSPS) is 15.1. The van der Waals surface area contributed by atoms with Crippen molar-refractivity contribution in [3.05, 3.63) is 29.8 Å². The molecule has 110 valence electrons. The van der Waals surface area contributed by atoms with E-state index < -0.39 is 5.97 Å². The average molecular weight is 279 g/mol. The molecule has 0 atom stereocenters. The molecule has 1 fully saturated rings. The highest BCUT2D eigenvalue weighted by atomic mass is 16.5. The van der Waals surface area contributed by atoms with Crippen LogP contribution in [0, 0.1) is 0 Å². The number of nitrogens with zero attached hydrogens (tertiary/aromatic N) is 1. The van der Waals surface area contributed by atoms with Crippen molar-refractivity contribution >= 4 is 5.97 Å². The zero-order chi connectivity index (χ0) is 14.4. The van der Waals surface area contributed by atoms with E-state index in [0.29, 0.717) is 24.9 Å². The number of carboxylic acid groups (broad SMARTS) is 1. The van der Waals surface area contributed by atoms with Crippen LogP contribution in [0.1, 0.15) is 29.6 Å². The van der Waals surface area contributed by atoms with Gasteiger partial charge in [0.15, 0.2) is 0 Å². The number of rotatable bonds is 8. The molecule has 0 aliphatic heterocycles. The van der Waals surface area contributed by atoms with E-state index in [1.54, 1.807) is 18.2 Å². The summed E-state index contributed by atoms with van der Waals surface area (Å²) < 4.78 is 5.61. The number of aromatic carboxylic acids is 1. The molecule has 0 unspecified atom stereocenters. The molecule has 2 N–H and O–H groups in total. The van der Waals surface area contributed by atoms with Gasteiger partial charge in [0.2, 0.25) is 0 Å². The van der Waals surface area contributed by atoms with Crippen molar-refractivity contribution in [1.82, 2.24) is 4.90 Å². The highest BCUT2D eigenvalue weighted by molar-refractivity contribution is 5.87. The summed E-state index contributed by atoms with van der Waals surface area (Å²) in [6, 6.07) is 7.07. The monoisotopic (exact) mass is 279 g/mol. The van der Waals surface area contributed by atoms with E-state index in [0.717, 1.165) is 6.54 Å². The van der Waals surface area contributed by atoms with Crippen LogP contribution in [0.4, 0.5) is 0 Å². The Kier molecular flexibility index (Phi) is 5.38. The Labute approximate surface area is 118 Å². The lowest BCUT2D eigenvalue weighted by atomic mass is 9.91. The van der Waals surface area contributed by atoms with Gasteiger partial charge in [0.1, 0.15) is 12.4 Å². The molecule has 2 rings (SSSR count). The summed E-state index contributed by atoms with van der Waals surface area (Å²) >= 11 is 0. The van der Waals surface area contributed by atoms with E-state index in [-0.39, 0.29) is 12.2 Å². The lowest BCUT2D eigenvalue weighted by Gasteiger charge is -2.37. The molecule has 0 spiro atoms. The third kappa shape index (κ3) is 3.95. The first kappa shape index (κ1) is 14.8. The molecule has 1 aromatic rings. The predicted molar refractivity (Wildman–Crippen MR) is 75.2 cm³/mol. The van der Waals surface area contributed by atoms with Gasteiger partial charge in [-0.05, 0) is 31.0 Å². The minimum Gasteiger partial charge on any atom is -0.492 e. The average Bonchev–Trinajstić information content (AvgIpc) is 2.37. The van der Waals surface area contributed by atoms with E-state index in [4.69, 9.17) is 14.9 Å². The van der Waals surface area contributed by atoms with Crippen molar-refractivity contribution in [2.75, 3.05) is 26.3 Å². The van der Waals surface area contributed by atoms with Gasteiger partial charge in [0.05, 0.1) is 12.2 Å². The molecule has 0 bridgehead atoms. The second-order valence-corrected chi connectivity index (χ2v) is 5.03. The first-order chi connectivity index (χ1) is 9.70. The molecule has 5 heteroatoms. The van der Waals surface area contributed by atoms with Crippen LogP contribution in [-0.2, 0) is 0 Å². The van der Waals surface area contributed by atoms with Crippen LogP contribution in [-0.4, -0.2) is 53.4 Å². The summed E-state index contributed by atoms with van der Waals surface area (Å²) in [7, 11) is 0. The van der Waals surface area contributed by atoms with Gasteiger partial charge >= 0.3 is 5.97 Å². The van der Waals surface area contributed by atoms with Crippen molar-refractivity contribution in [3.8, 4) is 5.75 Å². The van der Waals surface area contributed by atoms with Crippen LogP contribution in [0.5, 0.6) is 5.75 Å². The van der Waals surface area contributed by atoms with Gasteiger partial charge in [-0.15, -0.1) is 0 Å². The third-order valence-electron chi connectivity index (χ3n) is 3.71. The van der Waals surface area contributed by atoms with Crippen LogP contribution in [0.3, 0.4) is 0 Å². The molecular formula is C15H21NO4. The van der Waals surface area contributed by atoms with E-state index in [2.05, 4.69) is 4.90 Å². The lowest BCUT2D eigenvalue weighted by molar-refractivity contribution is 0.0695. The molecule has 1 aliphatic carbocycles. The summed E-state index contributed by atoms with van der Waals surface area (Å²) in [6.07, 6.45) is 3.64. The second-order valence-electron chi connectivity index (χ2n) is 5.03. The lowest BCUT2D eigenvalue weighted by Crippen LogP contribution is -2.43. The molecule has 0 saturated heterocycles. The van der Waals surface area contributed by atoms with E-state index in [1.165, 1.54) is 25.3 Å². The van der Waals surface area contributed by atoms with Gasteiger partial charge < -0.3 is 14.9 Å². The van der Waals surface area contributed by atoms with Gasteiger partial charge in [-0.3, -0.25) is 4.90 Å². The Morgan fingerprint density at radius 1 is 1.35 bits per heavy atom. The fraction of sp³-hybridized carbons (Fsp3) is 0.533. The van der Waals surface area contributed by atoms with Gasteiger partial charge in [-0.1, -0.05) is 12.5 Å². The molecule has 0 heterocycles. The Morgan fingerprint density at radius 3 is 2.75 bits per heavy atom. The predicted octanol–water partition coefficient (Wildman–Crippen LogP) is 1.61. The van der Waals surface area contributed by atoms with Crippen LogP contribution in [0.25, 0.3) is 0 Å². The first-order valence-corrected chi connectivity index (χ1v) is 7.02. The number of hydrogen-bond donors (Lipinski definition) is 2. The molecule has 0 amide bonds. The van der Waals surface area contributed by atoms with Gasteiger partial charge in [-0.25, -0.2) is 4.79 Å². The summed E-state index contributed by atoms with van der Waals surface area (Å²) in [5.74, 6) is -0.380. The van der Waals surface area contributed by atoms with E-state index in [1.807, 2.05) is 0 Å². The van der Waals surface area contributed by atoms with Crippen LogP contribution >= 0.6 is 0 Å². The summed E-state index contributed by atoms with van der Waals surface area (Å²) in [6.45, 7) is 2.08.